The molecular formula is C26H20O7. The lowest BCUT2D eigenvalue weighted by Gasteiger charge is -2.27. The zero-order valence-corrected chi connectivity index (χ0v) is 18.0. The topological polar surface area (TPSA) is 95.2 Å². The average molecular weight is 444 g/mol. The third-order valence-corrected chi connectivity index (χ3v) is 5.79. The highest BCUT2D eigenvalue weighted by Crippen LogP contribution is 2.49. The third kappa shape index (κ3) is 3.38. The van der Waals surface area contributed by atoms with Crippen molar-refractivity contribution in [3.05, 3.63) is 82.0 Å². The highest BCUT2D eigenvalue weighted by atomic mass is 16.5. The molecule has 3 aromatic carbocycles. The lowest BCUT2D eigenvalue weighted by molar-refractivity contribution is -0.135. The number of aromatic hydroxyl groups is 1. The van der Waals surface area contributed by atoms with Gasteiger partial charge in [0.05, 0.1) is 20.6 Å². The molecule has 0 fully saturated rings. The van der Waals surface area contributed by atoms with Gasteiger partial charge in [0.1, 0.15) is 28.2 Å². The summed E-state index contributed by atoms with van der Waals surface area (Å²) in [5.41, 5.74) is 1.64. The van der Waals surface area contributed by atoms with E-state index in [0.29, 0.717) is 33.9 Å². The van der Waals surface area contributed by atoms with Crippen molar-refractivity contribution in [3.8, 4) is 34.3 Å². The van der Waals surface area contributed by atoms with Crippen molar-refractivity contribution < 1.29 is 28.5 Å². The summed E-state index contributed by atoms with van der Waals surface area (Å²) in [6, 6.07) is 17.2. The first-order valence-electron chi connectivity index (χ1n) is 10.3. The Kier molecular flexibility index (Phi) is 5.01. The van der Waals surface area contributed by atoms with Crippen LogP contribution in [0.15, 0.2) is 69.9 Å². The summed E-state index contributed by atoms with van der Waals surface area (Å²) in [5.74, 6) is 0.108. The van der Waals surface area contributed by atoms with Gasteiger partial charge in [0.25, 0.3) is 0 Å². The Hall–Kier alpha value is -4.26. The molecule has 0 radical (unpaired) electrons. The van der Waals surface area contributed by atoms with Gasteiger partial charge in [-0.1, -0.05) is 42.5 Å². The fourth-order valence-corrected chi connectivity index (χ4v) is 4.36. The summed E-state index contributed by atoms with van der Waals surface area (Å²) in [6.45, 7) is 0. The maximum Gasteiger partial charge on any atom is 0.312 e. The molecule has 7 nitrogen and oxygen atoms in total. The van der Waals surface area contributed by atoms with Crippen LogP contribution in [-0.4, -0.2) is 25.3 Å². The van der Waals surface area contributed by atoms with E-state index in [0.717, 1.165) is 0 Å². The van der Waals surface area contributed by atoms with E-state index < -0.39 is 17.3 Å². The van der Waals surface area contributed by atoms with E-state index in [1.54, 1.807) is 12.1 Å². The van der Waals surface area contributed by atoms with Gasteiger partial charge in [-0.05, 0) is 6.07 Å². The van der Waals surface area contributed by atoms with Crippen LogP contribution in [0.2, 0.25) is 0 Å². The molecule has 1 unspecified atom stereocenters. The number of methoxy groups -OCH3 is 2. The summed E-state index contributed by atoms with van der Waals surface area (Å²) in [5, 5.41) is 10.6. The molecule has 0 saturated heterocycles. The standard InChI is InChI=1S/C26H20O7/c1-30-19-10-6-9-15(25(19)31-2)16-11-22(29)32-21-13-18(28)24-17(27)12-20(33-26(24)23(16)21)14-7-4-3-5-8-14/h3-10,12-13,16,28H,11H2,1-2H3. The van der Waals surface area contributed by atoms with Crippen molar-refractivity contribution in [2.75, 3.05) is 14.2 Å². The first-order valence-corrected chi connectivity index (χ1v) is 10.3. The zero-order valence-electron chi connectivity index (χ0n) is 18.0. The molecule has 1 aliphatic rings. The van der Waals surface area contributed by atoms with E-state index in [1.165, 1.54) is 26.4 Å². The van der Waals surface area contributed by atoms with E-state index >= 15 is 0 Å². The number of benzene rings is 3. The highest BCUT2D eigenvalue weighted by molar-refractivity contribution is 5.93. The van der Waals surface area contributed by atoms with Crippen LogP contribution in [0.5, 0.6) is 23.0 Å². The van der Waals surface area contributed by atoms with Gasteiger partial charge >= 0.3 is 5.97 Å². The first-order chi connectivity index (χ1) is 16.0. The smallest absolute Gasteiger partial charge is 0.312 e. The second-order valence-corrected chi connectivity index (χ2v) is 7.67. The Morgan fingerprint density at radius 2 is 1.76 bits per heavy atom. The average Bonchev–Trinajstić information content (AvgIpc) is 2.82. The molecule has 0 bridgehead atoms. The number of ether oxygens (including phenoxy) is 3. The van der Waals surface area contributed by atoms with Gasteiger partial charge in [-0.3, -0.25) is 9.59 Å². The molecule has 0 aliphatic carbocycles. The molecular weight excluding hydrogens is 424 g/mol. The predicted octanol–water partition coefficient (Wildman–Crippen LogP) is 4.62. The number of fused-ring (bicyclic) bond motifs is 3. The molecule has 4 aromatic rings. The lowest BCUT2D eigenvalue weighted by Crippen LogP contribution is -2.22. The van der Waals surface area contributed by atoms with Crippen LogP contribution in [0, 0.1) is 0 Å². The Morgan fingerprint density at radius 1 is 0.970 bits per heavy atom. The van der Waals surface area contributed by atoms with Crippen LogP contribution in [-0.2, 0) is 4.79 Å². The molecule has 166 valence electrons. The lowest BCUT2D eigenvalue weighted by atomic mass is 9.84. The number of hydrogen-bond acceptors (Lipinski definition) is 7. The number of phenols is 1. The van der Waals surface area contributed by atoms with E-state index in [2.05, 4.69) is 0 Å². The van der Waals surface area contributed by atoms with Crippen molar-refractivity contribution in [1.29, 1.82) is 0 Å². The Morgan fingerprint density at radius 3 is 2.48 bits per heavy atom. The molecule has 1 N–H and O–H groups in total. The Bertz CT molecular complexity index is 1440. The summed E-state index contributed by atoms with van der Waals surface area (Å²) in [6.07, 6.45) is -0.00429. The number of carbonyl (C=O) groups is 1. The summed E-state index contributed by atoms with van der Waals surface area (Å²) in [4.78, 5) is 25.5. The number of rotatable bonds is 4. The van der Waals surface area contributed by atoms with Gasteiger partial charge in [-0.2, -0.15) is 0 Å². The zero-order chi connectivity index (χ0) is 23.1. The van der Waals surface area contributed by atoms with Gasteiger partial charge in [0.15, 0.2) is 16.9 Å². The van der Waals surface area contributed by atoms with Crippen molar-refractivity contribution in [2.24, 2.45) is 0 Å². The second kappa shape index (κ2) is 8.02. The minimum Gasteiger partial charge on any atom is -0.507 e. The van der Waals surface area contributed by atoms with Gasteiger partial charge in [0.2, 0.25) is 0 Å². The van der Waals surface area contributed by atoms with Crippen LogP contribution in [0.1, 0.15) is 23.5 Å². The van der Waals surface area contributed by atoms with Crippen LogP contribution < -0.4 is 19.6 Å². The van der Waals surface area contributed by atoms with Gasteiger partial charge in [-0.15, -0.1) is 0 Å². The molecule has 2 heterocycles. The molecule has 1 aromatic heterocycles. The van der Waals surface area contributed by atoms with E-state index in [1.807, 2.05) is 36.4 Å². The van der Waals surface area contributed by atoms with Crippen molar-refractivity contribution >= 4 is 16.9 Å². The van der Waals surface area contributed by atoms with Gasteiger partial charge < -0.3 is 23.7 Å². The maximum absolute atomic E-state index is 13.0. The monoisotopic (exact) mass is 444 g/mol. The number of hydrogen-bond donors (Lipinski definition) is 1. The highest BCUT2D eigenvalue weighted by Gasteiger charge is 2.35. The summed E-state index contributed by atoms with van der Waals surface area (Å²) < 4.78 is 22.7. The van der Waals surface area contributed by atoms with Gasteiger partial charge in [-0.25, -0.2) is 0 Å². The first kappa shape index (κ1) is 20.6. The number of para-hydroxylation sites is 1. The number of carbonyl (C=O) groups excluding carboxylic acids is 1. The SMILES string of the molecule is COc1cccc(C2CC(=O)Oc3cc(O)c4c(=O)cc(-c5ccccc5)oc4c32)c1OC. The molecule has 7 heteroatoms. The number of phenolic OH excluding ortho intramolecular Hbond substituents is 1. The van der Waals surface area contributed by atoms with Crippen molar-refractivity contribution in [1.82, 2.24) is 0 Å². The normalized spacial score (nSPS) is 15.1. The van der Waals surface area contributed by atoms with E-state index in [9.17, 15) is 14.7 Å². The van der Waals surface area contributed by atoms with E-state index in [-0.39, 0.29) is 28.9 Å². The molecule has 5 rings (SSSR count). The quantitative estimate of drug-likeness (QED) is 0.362. The minimum absolute atomic E-state index is 0.00429. The van der Waals surface area contributed by atoms with Crippen LogP contribution in [0.25, 0.3) is 22.3 Å². The van der Waals surface area contributed by atoms with Crippen molar-refractivity contribution in [2.45, 2.75) is 12.3 Å². The fourth-order valence-electron chi connectivity index (χ4n) is 4.36. The molecule has 33 heavy (non-hydrogen) atoms. The van der Waals surface area contributed by atoms with E-state index in [4.69, 9.17) is 18.6 Å². The Labute approximate surface area is 188 Å². The second-order valence-electron chi connectivity index (χ2n) is 7.67. The largest absolute Gasteiger partial charge is 0.507 e. The molecule has 0 saturated carbocycles. The summed E-state index contributed by atoms with van der Waals surface area (Å²) >= 11 is 0. The molecule has 0 amide bonds. The van der Waals surface area contributed by atoms with Crippen LogP contribution in [0.4, 0.5) is 0 Å². The number of esters is 1. The van der Waals surface area contributed by atoms with Crippen LogP contribution in [0.3, 0.4) is 0 Å². The van der Waals surface area contributed by atoms with Crippen LogP contribution >= 0.6 is 0 Å². The maximum atomic E-state index is 13.0. The molecule has 1 aliphatic heterocycles. The third-order valence-electron chi connectivity index (χ3n) is 5.79. The molecule has 0 spiro atoms. The molecule has 1 atom stereocenters. The van der Waals surface area contributed by atoms with Crippen molar-refractivity contribution in [3.63, 3.8) is 0 Å². The fraction of sp³-hybridized carbons (Fsp3) is 0.154. The summed E-state index contributed by atoms with van der Waals surface area (Å²) in [7, 11) is 3.05. The predicted molar refractivity (Wildman–Crippen MR) is 121 cm³/mol. The Balaban J connectivity index is 1.85. The minimum atomic E-state index is -0.552. The van der Waals surface area contributed by atoms with Gasteiger partial charge in [0, 0.05) is 34.7 Å².